The molecule has 3 nitrogen and oxygen atoms in total. The van der Waals surface area contributed by atoms with Gasteiger partial charge in [0, 0.05) is 25.2 Å². The number of nitrogens with two attached hydrogens (primary N) is 1. The van der Waals surface area contributed by atoms with Gasteiger partial charge in [-0.3, -0.25) is 0 Å². The SMILES string of the molecule is COCC(C)C1(N)CCOC1C1CC1. The third-order valence-electron chi connectivity index (χ3n) is 3.75. The summed E-state index contributed by atoms with van der Waals surface area (Å²) in [7, 11) is 1.74. The highest BCUT2D eigenvalue weighted by molar-refractivity contribution is 5.05. The zero-order valence-electron chi connectivity index (χ0n) is 9.16. The van der Waals surface area contributed by atoms with Crippen LogP contribution in [0.4, 0.5) is 0 Å². The number of ether oxygens (including phenoxy) is 2. The van der Waals surface area contributed by atoms with E-state index in [1.165, 1.54) is 12.8 Å². The topological polar surface area (TPSA) is 44.5 Å². The molecule has 0 aromatic rings. The molecule has 1 aliphatic carbocycles. The molecule has 2 rings (SSSR count). The quantitative estimate of drug-likeness (QED) is 0.739. The first-order chi connectivity index (χ1) is 6.68. The molecule has 0 aromatic carbocycles. The zero-order chi connectivity index (χ0) is 10.2. The normalized spacial score (nSPS) is 40.1. The summed E-state index contributed by atoms with van der Waals surface area (Å²) in [5.74, 6) is 1.11. The first-order valence-corrected chi connectivity index (χ1v) is 5.58. The number of hydrogen-bond donors (Lipinski definition) is 1. The lowest BCUT2D eigenvalue weighted by molar-refractivity contribution is 0.0266. The van der Waals surface area contributed by atoms with E-state index in [4.69, 9.17) is 15.2 Å². The van der Waals surface area contributed by atoms with Crippen molar-refractivity contribution in [3.8, 4) is 0 Å². The molecular formula is C11H21NO2. The first kappa shape index (κ1) is 10.4. The van der Waals surface area contributed by atoms with E-state index in [1.807, 2.05) is 0 Å². The lowest BCUT2D eigenvalue weighted by Crippen LogP contribution is -2.54. The molecule has 82 valence electrons. The van der Waals surface area contributed by atoms with Crippen LogP contribution in [0.3, 0.4) is 0 Å². The summed E-state index contributed by atoms with van der Waals surface area (Å²) in [6.07, 6.45) is 3.86. The van der Waals surface area contributed by atoms with Crippen molar-refractivity contribution >= 4 is 0 Å². The Labute approximate surface area is 85.9 Å². The smallest absolute Gasteiger partial charge is 0.0786 e. The van der Waals surface area contributed by atoms with Gasteiger partial charge < -0.3 is 15.2 Å². The predicted molar refractivity (Wildman–Crippen MR) is 55.0 cm³/mol. The Morgan fingerprint density at radius 3 is 2.86 bits per heavy atom. The van der Waals surface area contributed by atoms with Crippen molar-refractivity contribution < 1.29 is 9.47 Å². The minimum atomic E-state index is -0.142. The average molecular weight is 199 g/mol. The maximum absolute atomic E-state index is 6.47. The van der Waals surface area contributed by atoms with Crippen LogP contribution in [-0.2, 0) is 9.47 Å². The second kappa shape index (κ2) is 3.80. The van der Waals surface area contributed by atoms with Gasteiger partial charge in [-0.05, 0) is 25.2 Å². The van der Waals surface area contributed by atoms with Gasteiger partial charge in [0.15, 0.2) is 0 Å². The summed E-state index contributed by atoms with van der Waals surface area (Å²) in [5.41, 5.74) is 6.33. The highest BCUT2D eigenvalue weighted by atomic mass is 16.5. The number of methoxy groups -OCH3 is 1. The van der Waals surface area contributed by atoms with Crippen LogP contribution < -0.4 is 5.73 Å². The van der Waals surface area contributed by atoms with Crippen molar-refractivity contribution in [1.82, 2.24) is 0 Å². The fourth-order valence-electron chi connectivity index (χ4n) is 2.57. The van der Waals surface area contributed by atoms with Gasteiger partial charge >= 0.3 is 0 Å². The van der Waals surface area contributed by atoms with E-state index >= 15 is 0 Å². The minimum absolute atomic E-state index is 0.142. The van der Waals surface area contributed by atoms with E-state index in [9.17, 15) is 0 Å². The highest BCUT2D eigenvalue weighted by Gasteiger charge is 2.51. The number of hydrogen-bond acceptors (Lipinski definition) is 3. The van der Waals surface area contributed by atoms with Crippen LogP contribution in [0.5, 0.6) is 0 Å². The molecule has 1 saturated heterocycles. The van der Waals surface area contributed by atoms with E-state index in [0.717, 1.165) is 25.6 Å². The molecule has 1 saturated carbocycles. The molecule has 2 fully saturated rings. The Hall–Kier alpha value is -0.120. The summed E-state index contributed by atoms with van der Waals surface area (Å²) in [4.78, 5) is 0. The Morgan fingerprint density at radius 2 is 2.29 bits per heavy atom. The molecule has 1 aliphatic heterocycles. The van der Waals surface area contributed by atoms with E-state index in [0.29, 0.717) is 5.92 Å². The van der Waals surface area contributed by atoms with Gasteiger partial charge in [-0.2, -0.15) is 0 Å². The first-order valence-electron chi connectivity index (χ1n) is 5.58. The fourth-order valence-corrected chi connectivity index (χ4v) is 2.57. The van der Waals surface area contributed by atoms with E-state index in [2.05, 4.69) is 6.92 Å². The summed E-state index contributed by atoms with van der Waals surface area (Å²) in [6, 6.07) is 0. The highest BCUT2D eigenvalue weighted by Crippen LogP contribution is 2.44. The lowest BCUT2D eigenvalue weighted by Gasteiger charge is -2.35. The molecule has 14 heavy (non-hydrogen) atoms. The van der Waals surface area contributed by atoms with Gasteiger partial charge in [0.2, 0.25) is 0 Å². The molecule has 0 spiro atoms. The summed E-state index contributed by atoms with van der Waals surface area (Å²) < 4.78 is 11.0. The average Bonchev–Trinajstić information content (AvgIpc) is 2.91. The second-order valence-electron chi connectivity index (χ2n) is 4.85. The van der Waals surface area contributed by atoms with Crippen LogP contribution in [0, 0.1) is 11.8 Å². The fraction of sp³-hybridized carbons (Fsp3) is 1.00. The standard InChI is InChI=1S/C11H21NO2/c1-8(7-13-2)11(12)5-6-14-10(11)9-3-4-9/h8-10H,3-7,12H2,1-2H3. The lowest BCUT2D eigenvalue weighted by atomic mass is 9.79. The molecule has 3 atom stereocenters. The molecule has 0 radical (unpaired) electrons. The van der Waals surface area contributed by atoms with Gasteiger partial charge in [-0.15, -0.1) is 0 Å². The maximum atomic E-state index is 6.47. The van der Waals surface area contributed by atoms with Crippen LogP contribution in [0.15, 0.2) is 0 Å². The van der Waals surface area contributed by atoms with Crippen LogP contribution in [0.25, 0.3) is 0 Å². The van der Waals surface area contributed by atoms with Crippen LogP contribution >= 0.6 is 0 Å². The van der Waals surface area contributed by atoms with Crippen LogP contribution in [-0.4, -0.2) is 32.0 Å². The zero-order valence-corrected chi connectivity index (χ0v) is 9.16. The molecule has 3 heteroatoms. The monoisotopic (exact) mass is 199 g/mol. The summed E-state index contributed by atoms with van der Waals surface area (Å²) >= 11 is 0. The van der Waals surface area contributed by atoms with E-state index < -0.39 is 0 Å². The maximum Gasteiger partial charge on any atom is 0.0786 e. The molecule has 3 unspecified atom stereocenters. The Morgan fingerprint density at radius 1 is 1.57 bits per heavy atom. The van der Waals surface area contributed by atoms with Crippen molar-refractivity contribution in [2.75, 3.05) is 20.3 Å². The summed E-state index contributed by atoms with van der Waals surface area (Å²) in [5, 5.41) is 0. The Balaban J connectivity index is 2.03. The molecule has 0 bridgehead atoms. The van der Waals surface area contributed by atoms with Crippen LogP contribution in [0.1, 0.15) is 26.2 Å². The molecule has 0 amide bonds. The van der Waals surface area contributed by atoms with E-state index in [1.54, 1.807) is 7.11 Å². The van der Waals surface area contributed by atoms with Crippen molar-refractivity contribution in [2.45, 2.75) is 37.8 Å². The largest absolute Gasteiger partial charge is 0.384 e. The Bertz CT molecular complexity index is 205. The number of rotatable bonds is 4. The van der Waals surface area contributed by atoms with Gasteiger partial charge in [-0.25, -0.2) is 0 Å². The van der Waals surface area contributed by atoms with Gasteiger partial charge in [0.1, 0.15) is 0 Å². The molecule has 0 aromatic heterocycles. The molecule has 2 aliphatic rings. The van der Waals surface area contributed by atoms with Crippen molar-refractivity contribution in [3.63, 3.8) is 0 Å². The molecule has 1 heterocycles. The van der Waals surface area contributed by atoms with Crippen molar-refractivity contribution in [1.29, 1.82) is 0 Å². The third-order valence-corrected chi connectivity index (χ3v) is 3.75. The van der Waals surface area contributed by atoms with Crippen LogP contribution in [0.2, 0.25) is 0 Å². The molecule has 2 N–H and O–H groups in total. The van der Waals surface area contributed by atoms with Gasteiger partial charge in [-0.1, -0.05) is 6.92 Å². The summed E-state index contributed by atoms with van der Waals surface area (Å²) in [6.45, 7) is 3.74. The predicted octanol–water partition coefficient (Wildman–Crippen LogP) is 1.17. The van der Waals surface area contributed by atoms with E-state index in [-0.39, 0.29) is 11.6 Å². The van der Waals surface area contributed by atoms with Crippen molar-refractivity contribution in [2.24, 2.45) is 17.6 Å². The second-order valence-corrected chi connectivity index (χ2v) is 4.85. The third kappa shape index (κ3) is 1.69. The molecular weight excluding hydrogens is 178 g/mol. The minimum Gasteiger partial charge on any atom is -0.384 e. The van der Waals surface area contributed by atoms with Crippen molar-refractivity contribution in [3.05, 3.63) is 0 Å². The van der Waals surface area contributed by atoms with Gasteiger partial charge in [0.05, 0.1) is 12.7 Å². The van der Waals surface area contributed by atoms with Gasteiger partial charge in [0.25, 0.3) is 0 Å². The Kier molecular flexibility index (Phi) is 2.82.